The number of hydrogen-bond donors (Lipinski definition) is 2. The number of nitrogens with two attached hydrogens (primary N) is 2. The second-order valence-electron chi connectivity index (χ2n) is 8.05. The Bertz CT molecular complexity index is 1160. The van der Waals surface area contributed by atoms with Gasteiger partial charge in [-0.25, -0.2) is 4.98 Å². The van der Waals surface area contributed by atoms with E-state index in [1.807, 2.05) is 24.3 Å². The fourth-order valence-electron chi connectivity index (χ4n) is 4.23. The summed E-state index contributed by atoms with van der Waals surface area (Å²) in [6, 6.07) is 20.8. The van der Waals surface area contributed by atoms with Gasteiger partial charge < -0.3 is 11.5 Å². The van der Waals surface area contributed by atoms with Gasteiger partial charge in [0.1, 0.15) is 0 Å². The largest absolute Gasteiger partial charge is 0.333 e. The van der Waals surface area contributed by atoms with Crippen LogP contribution in [0.1, 0.15) is 36.1 Å². The van der Waals surface area contributed by atoms with E-state index in [2.05, 4.69) is 54.8 Å². The fourth-order valence-corrected chi connectivity index (χ4v) is 4.23. The minimum absolute atomic E-state index is 0.178. The number of carbonyl (C=O) groups excluding carboxylic acids is 1. The normalized spacial score (nSPS) is 15.8. The van der Waals surface area contributed by atoms with Crippen LogP contribution in [0.3, 0.4) is 0 Å². The first-order valence-corrected chi connectivity index (χ1v) is 10.8. The van der Waals surface area contributed by atoms with Crippen molar-refractivity contribution in [2.24, 2.45) is 11.5 Å². The van der Waals surface area contributed by atoms with Crippen LogP contribution in [0, 0.1) is 0 Å². The first-order chi connectivity index (χ1) is 15.6. The summed E-state index contributed by atoms with van der Waals surface area (Å²) in [6.07, 6.45) is 7.59. The molecule has 0 bridgehead atoms. The molecule has 1 aliphatic heterocycles. The van der Waals surface area contributed by atoms with Gasteiger partial charge in [0.2, 0.25) is 6.41 Å². The third-order valence-corrected chi connectivity index (χ3v) is 6.24. The van der Waals surface area contributed by atoms with Gasteiger partial charge in [0.05, 0.1) is 17.1 Å². The standard InChI is InChI=1S/C26H23N3O.CH5N/c1-18-22-16-23(19-6-3-2-4-7-19)25(28-24(22)12-15-29(18)17-30)20-8-10-21(11-9-20)26(27)13-5-14-26;1-2/h2-4,6-12,15-17H,1,5,13-14,27H2;2H2,1H3. The van der Waals surface area contributed by atoms with Crippen molar-refractivity contribution in [1.29, 1.82) is 0 Å². The van der Waals surface area contributed by atoms with Crippen LogP contribution in [0.2, 0.25) is 0 Å². The molecular weight excluding hydrogens is 396 g/mol. The van der Waals surface area contributed by atoms with Crippen LogP contribution in [-0.2, 0) is 10.3 Å². The van der Waals surface area contributed by atoms with Crippen LogP contribution in [0.5, 0.6) is 0 Å². The van der Waals surface area contributed by atoms with Crippen molar-refractivity contribution in [3.8, 4) is 22.4 Å². The van der Waals surface area contributed by atoms with Crippen LogP contribution < -0.4 is 11.5 Å². The van der Waals surface area contributed by atoms with Crippen LogP contribution in [0.25, 0.3) is 34.2 Å². The lowest BCUT2D eigenvalue weighted by Gasteiger charge is -2.38. The molecule has 1 amide bonds. The van der Waals surface area contributed by atoms with Gasteiger partial charge in [-0.05, 0) is 49.6 Å². The number of hydrogen-bond acceptors (Lipinski definition) is 4. The minimum Gasteiger partial charge on any atom is -0.333 e. The third-order valence-electron chi connectivity index (χ3n) is 6.24. The molecule has 2 aromatic carbocycles. The highest BCUT2D eigenvalue weighted by molar-refractivity contribution is 5.89. The Hall–Kier alpha value is -3.54. The average Bonchev–Trinajstić information content (AvgIpc) is 2.84. The Kier molecular flexibility index (Phi) is 6.04. The minimum atomic E-state index is -0.178. The monoisotopic (exact) mass is 424 g/mol. The number of carbonyl (C=O) groups is 1. The summed E-state index contributed by atoms with van der Waals surface area (Å²) in [5, 5.41) is 0. The maximum Gasteiger partial charge on any atom is 0.218 e. The summed E-state index contributed by atoms with van der Waals surface area (Å²) >= 11 is 0. The van der Waals surface area contributed by atoms with E-state index >= 15 is 0 Å². The summed E-state index contributed by atoms with van der Waals surface area (Å²) in [4.78, 5) is 17.8. The Morgan fingerprint density at radius 1 is 1.00 bits per heavy atom. The number of pyridine rings is 1. The van der Waals surface area contributed by atoms with Gasteiger partial charge in [-0.15, -0.1) is 0 Å². The molecule has 5 rings (SSSR count). The number of benzene rings is 2. The zero-order valence-electron chi connectivity index (χ0n) is 18.3. The Morgan fingerprint density at radius 2 is 1.69 bits per heavy atom. The summed E-state index contributed by atoms with van der Waals surface area (Å²) in [5.74, 6) is 0. The molecule has 0 saturated heterocycles. The number of aromatic nitrogens is 1. The van der Waals surface area contributed by atoms with Gasteiger partial charge in [-0.2, -0.15) is 0 Å². The molecule has 0 atom stereocenters. The molecule has 5 heteroatoms. The molecule has 0 spiro atoms. The molecule has 2 aliphatic rings. The molecule has 0 radical (unpaired) electrons. The highest BCUT2D eigenvalue weighted by Crippen LogP contribution is 2.40. The lowest BCUT2D eigenvalue weighted by atomic mass is 9.72. The van der Waals surface area contributed by atoms with E-state index in [4.69, 9.17) is 10.7 Å². The molecule has 1 aromatic heterocycles. The molecule has 32 heavy (non-hydrogen) atoms. The van der Waals surface area contributed by atoms with E-state index in [1.165, 1.54) is 23.9 Å². The highest BCUT2D eigenvalue weighted by Gasteiger charge is 2.34. The quantitative estimate of drug-likeness (QED) is 0.592. The SMILES string of the molecule is C=C1c2cc(-c3ccccc3)c(-c3ccc(C4(N)CCC4)cc3)nc2C=CN1C=O.CN. The maximum atomic E-state index is 11.3. The zero-order chi connectivity index (χ0) is 22.7. The van der Waals surface area contributed by atoms with Crippen molar-refractivity contribution < 1.29 is 4.79 Å². The smallest absolute Gasteiger partial charge is 0.218 e. The molecule has 2 heterocycles. The third kappa shape index (κ3) is 3.77. The van der Waals surface area contributed by atoms with Crippen molar-refractivity contribution in [2.75, 3.05) is 7.05 Å². The van der Waals surface area contributed by atoms with Gasteiger partial charge in [0.15, 0.2) is 0 Å². The lowest BCUT2D eigenvalue weighted by Crippen LogP contribution is -2.43. The van der Waals surface area contributed by atoms with Crippen molar-refractivity contribution in [1.82, 2.24) is 9.88 Å². The van der Waals surface area contributed by atoms with E-state index < -0.39 is 0 Å². The first-order valence-electron chi connectivity index (χ1n) is 10.8. The van der Waals surface area contributed by atoms with Crippen molar-refractivity contribution in [2.45, 2.75) is 24.8 Å². The van der Waals surface area contributed by atoms with Crippen LogP contribution >= 0.6 is 0 Å². The Labute approximate surface area is 189 Å². The van der Waals surface area contributed by atoms with Gasteiger partial charge in [-0.3, -0.25) is 9.69 Å². The Balaban J connectivity index is 0.00000119. The molecule has 4 N–H and O–H groups in total. The molecule has 1 aliphatic carbocycles. The topological polar surface area (TPSA) is 85.2 Å². The fraction of sp³-hybridized carbons (Fsp3) is 0.185. The number of rotatable bonds is 4. The molecule has 0 unspecified atom stereocenters. The first kappa shape index (κ1) is 21.7. The second-order valence-corrected chi connectivity index (χ2v) is 8.05. The molecule has 1 saturated carbocycles. The van der Waals surface area contributed by atoms with E-state index in [0.29, 0.717) is 5.70 Å². The van der Waals surface area contributed by atoms with Crippen molar-refractivity contribution in [3.05, 3.63) is 90.3 Å². The number of fused-ring (bicyclic) bond motifs is 1. The maximum absolute atomic E-state index is 11.3. The molecule has 5 nitrogen and oxygen atoms in total. The molecule has 1 fully saturated rings. The highest BCUT2D eigenvalue weighted by atomic mass is 16.1. The van der Waals surface area contributed by atoms with Crippen LogP contribution in [0.15, 0.2) is 73.4 Å². The molecule has 162 valence electrons. The van der Waals surface area contributed by atoms with E-state index in [1.54, 1.807) is 6.20 Å². The summed E-state index contributed by atoms with van der Waals surface area (Å²) in [5.41, 5.74) is 18.3. The molecular formula is C27H28N4O. The summed E-state index contributed by atoms with van der Waals surface area (Å²) in [6.45, 7) is 4.09. The van der Waals surface area contributed by atoms with E-state index in [9.17, 15) is 4.79 Å². The average molecular weight is 425 g/mol. The van der Waals surface area contributed by atoms with E-state index in [-0.39, 0.29) is 5.54 Å². The van der Waals surface area contributed by atoms with Crippen molar-refractivity contribution >= 4 is 18.2 Å². The van der Waals surface area contributed by atoms with Gasteiger partial charge in [-0.1, -0.05) is 61.2 Å². The molecule has 3 aromatic rings. The number of nitrogens with zero attached hydrogens (tertiary/aromatic N) is 2. The van der Waals surface area contributed by atoms with Gasteiger partial charge in [0, 0.05) is 28.4 Å². The van der Waals surface area contributed by atoms with Gasteiger partial charge >= 0.3 is 0 Å². The predicted octanol–water partition coefficient (Wildman–Crippen LogP) is 4.74. The summed E-state index contributed by atoms with van der Waals surface area (Å²) < 4.78 is 0. The predicted molar refractivity (Wildman–Crippen MR) is 131 cm³/mol. The van der Waals surface area contributed by atoms with Crippen LogP contribution in [-0.4, -0.2) is 23.3 Å². The van der Waals surface area contributed by atoms with Gasteiger partial charge in [0.25, 0.3) is 0 Å². The van der Waals surface area contributed by atoms with Crippen molar-refractivity contribution in [3.63, 3.8) is 0 Å². The Morgan fingerprint density at radius 3 is 2.28 bits per heavy atom. The lowest BCUT2D eigenvalue weighted by molar-refractivity contribution is -0.113. The number of amides is 1. The van der Waals surface area contributed by atoms with Crippen LogP contribution in [0.4, 0.5) is 0 Å². The second kappa shape index (κ2) is 8.91. The zero-order valence-corrected chi connectivity index (χ0v) is 18.3. The summed E-state index contributed by atoms with van der Waals surface area (Å²) in [7, 11) is 1.50. The van der Waals surface area contributed by atoms with E-state index in [0.717, 1.165) is 52.9 Å².